The summed E-state index contributed by atoms with van der Waals surface area (Å²) < 4.78 is 27.3. The summed E-state index contributed by atoms with van der Waals surface area (Å²) in [6.07, 6.45) is 1.00. The van der Waals surface area contributed by atoms with Crippen LogP contribution in [0.1, 0.15) is 24.0 Å². The van der Waals surface area contributed by atoms with Gasteiger partial charge in [-0.2, -0.15) is 4.98 Å². The third kappa shape index (κ3) is 6.11. The maximum absolute atomic E-state index is 15.3. The first-order chi connectivity index (χ1) is 18.6. The maximum atomic E-state index is 15.3. The molecule has 0 saturated carbocycles. The molecule has 1 N–H and O–H groups in total. The van der Waals surface area contributed by atoms with E-state index in [2.05, 4.69) is 4.98 Å². The van der Waals surface area contributed by atoms with Gasteiger partial charge in [0.05, 0.1) is 11.6 Å². The zero-order valence-corrected chi connectivity index (χ0v) is 20.9. The summed E-state index contributed by atoms with van der Waals surface area (Å²) in [6, 6.07) is 28.3. The average molecular weight is 513 g/mol. The monoisotopic (exact) mass is 512 g/mol. The maximum Gasteiger partial charge on any atom is 0.306 e. The molecular weight excluding hydrogens is 483 g/mol. The van der Waals surface area contributed by atoms with Gasteiger partial charge in [0.1, 0.15) is 19.0 Å². The fraction of sp³-hybridized carbons (Fsp3) is 0.226. The van der Waals surface area contributed by atoms with Crippen LogP contribution in [0.25, 0.3) is 11.1 Å². The van der Waals surface area contributed by atoms with Crippen molar-refractivity contribution in [2.75, 3.05) is 18.0 Å². The number of hydrogen-bond acceptors (Lipinski definition) is 5. The van der Waals surface area contributed by atoms with Crippen molar-refractivity contribution in [1.82, 2.24) is 4.98 Å². The van der Waals surface area contributed by atoms with E-state index < -0.39 is 5.97 Å². The number of aromatic nitrogens is 1. The molecule has 0 unspecified atom stereocenters. The average Bonchev–Trinajstić information content (AvgIpc) is 2.96. The standard InChI is InChI=1S/C31H29FN2O4/c32-27-19-25(11-13-28(27)34-17-15-24(16-18-34)31(35)36)26-12-14-29(37-20-22-7-3-1-4-8-22)33-30(26)38-21-23-9-5-2-6-10-23/h1-14,19,24H,15-18,20-21H2,(H,35,36). The molecule has 4 aromatic rings. The number of carbonyl (C=O) groups is 1. The number of nitrogens with zero attached hydrogens (tertiary/aromatic N) is 2. The van der Waals surface area contributed by atoms with Gasteiger partial charge < -0.3 is 19.5 Å². The van der Waals surface area contributed by atoms with Crippen LogP contribution in [0.15, 0.2) is 91.0 Å². The topological polar surface area (TPSA) is 71.9 Å². The highest BCUT2D eigenvalue weighted by Gasteiger charge is 2.26. The van der Waals surface area contributed by atoms with Crippen LogP contribution in [0.5, 0.6) is 11.8 Å². The molecule has 0 atom stereocenters. The smallest absolute Gasteiger partial charge is 0.306 e. The Labute approximate surface area is 221 Å². The summed E-state index contributed by atoms with van der Waals surface area (Å²) in [7, 11) is 0. The van der Waals surface area contributed by atoms with Crippen molar-refractivity contribution >= 4 is 11.7 Å². The molecule has 0 amide bonds. The predicted molar refractivity (Wildman–Crippen MR) is 144 cm³/mol. The van der Waals surface area contributed by atoms with E-state index in [9.17, 15) is 9.90 Å². The fourth-order valence-corrected chi connectivity index (χ4v) is 4.59. The third-order valence-corrected chi connectivity index (χ3v) is 6.73. The van der Waals surface area contributed by atoms with E-state index in [-0.39, 0.29) is 11.7 Å². The third-order valence-electron chi connectivity index (χ3n) is 6.73. The van der Waals surface area contributed by atoms with Gasteiger partial charge in [-0.15, -0.1) is 0 Å². The number of piperidine rings is 1. The number of anilines is 1. The van der Waals surface area contributed by atoms with Crippen LogP contribution in [0, 0.1) is 11.7 Å². The zero-order chi connectivity index (χ0) is 26.3. The molecule has 1 fully saturated rings. The molecule has 5 rings (SSSR count). The molecule has 2 heterocycles. The van der Waals surface area contributed by atoms with Crippen LogP contribution < -0.4 is 14.4 Å². The van der Waals surface area contributed by atoms with Gasteiger partial charge >= 0.3 is 5.97 Å². The SMILES string of the molecule is O=C(O)C1CCN(c2ccc(-c3ccc(OCc4ccccc4)nc3OCc3ccccc3)cc2F)CC1. The summed E-state index contributed by atoms with van der Waals surface area (Å²) >= 11 is 0. The van der Waals surface area contributed by atoms with Gasteiger partial charge in [0.15, 0.2) is 0 Å². The number of benzene rings is 3. The van der Waals surface area contributed by atoms with Crippen molar-refractivity contribution in [3.05, 3.63) is 108 Å². The lowest BCUT2D eigenvalue weighted by Crippen LogP contribution is -2.36. The first-order valence-corrected chi connectivity index (χ1v) is 12.7. The summed E-state index contributed by atoms with van der Waals surface area (Å²) in [5.41, 5.74) is 3.78. The van der Waals surface area contributed by atoms with Gasteiger partial charge in [-0.1, -0.05) is 66.7 Å². The summed E-state index contributed by atoms with van der Waals surface area (Å²) in [6.45, 7) is 1.69. The Morgan fingerprint density at radius 3 is 2.11 bits per heavy atom. The van der Waals surface area contributed by atoms with Crippen LogP contribution in [0.4, 0.5) is 10.1 Å². The lowest BCUT2D eigenvalue weighted by molar-refractivity contribution is -0.142. The Hall–Kier alpha value is -4.39. The first-order valence-electron chi connectivity index (χ1n) is 12.7. The van der Waals surface area contributed by atoms with E-state index in [0.717, 1.165) is 11.1 Å². The molecule has 38 heavy (non-hydrogen) atoms. The molecule has 0 aliphatic carbocycles. The molecule has 0 bridgehead atoms. The number of aliphatic carboxylic acids is 1. The minimum absolute atomic E-state index is 0.308. The normalized spacial score (nSPS) is 13.8. The van der Waals surface area contributed by atoms with E-state index in [1.807, 2.05) is 77.7 Å². The van der Waals surface area contributed by atoms with E-state index in [1.54, 1.807) is 12.1 Å². The van der Waals surface area contributed by atoms with Gasteiger partial charge in [-0.05, 0) is 47.7 Å². The summed E-state index contributed by atoms with van der Waals surface area (Å²) in [5, 5.41) is 9.25. The van der Waals surface area contributed by atoms with E-state index in [0.29, 0.717) is 67.7 Å². The largest absolute Gasteiger partial charge is 0.481 e. The van der Waals surface area contributed by atoms with E-state index in [4.69, 9.17) is 9.47 Å². The van der Waals surface area contributed by atoms with Crippen molar-refractivity contribution in [3.63, 3.8) is 0 Å². The van der Waals surface area contributed by atoms with Crippen LogP contribution in [0.2, 0.25) is 0 Å². The Morgan fingerprint density at radius 2 is 1.50 bits per heavy atom. The Bertz CT molecular complexity index is 1370. The first kappa shape index (κ1) is 25.3. The van der Waals surface area contributed by atoms with Crippen LogP contribution in [-0.4, -0.2) is 29.1 Å². The molecule has 194 valence electrons. The molecule has 1 saturated heterocycles. The highest BCUT2D eigenvalue weighted by Crippen LogP contribution is 2.35. The summed E-state index contributed by atoms with van der Waals surface area (Å²) in [4.78, 5) is 17.8. The van der Waals surface area contributed by atoms with Gasteiger partial charge in [0.2, 0.25) is 11.8 Å². The lowest BCUT2D eigenvalue weighted by Gasteiger charge is -2.32. The van der Waals surface area contributed by atoms with Crippen molar-refractivity contribution in [2.24, 2.45) is 5.92 Å². The van der Waals surface area contributed by atoms with E-state index >= 15 is 4.39 Å². The highest BCUT2D eigenvalue weighted by molar-refractivity contribution is 5.72. The molecule has 0 radical (unpaired) electrons. The Balaban J connectivity index is 1.38. The minimum Gasteiger partial charge on any atom is -0.481 e. The molecular formula is C31H29FN2O4. The number of ether oxygens (including phenoxy) is 2. The van der Waals surface area contributed by atoms with E-state index in [1.165, 1.54) is 6.07 Å². The summed E-state index contributed by atoms with van der Waals surface area (Å²) in [5.74, 6) is -0.749. The number of carboxylic acid groups (broad SMARTS) is 1. The van der Waals surface area contributed by atoms with Crippen molar-refractivity contribution in [3.8, 4) is 22.9 Å². The van der Waals surface area contributed by atoms with Crippen LogP contribution in [0.3, 0.4) is 0 Å². The van der Waals surface area contributed by atoms with Gasteiger partial charge in [0.25, 0.3) is 0 Å². The zero-order valence-electron chi connectivity index (χ0n) is 20.9. The molecule has 3 aromatic carbocycles. The molecule has 0 spiro atoms. The number of carboxylic acids is 1. The van der Waals surface area contributed by atoms with Crippen molar-refractivity contribution < 1.29 is 23.8 Å². The minimum atomic E-state index is -0.785. The second-order valence-electron chi connectivity index (χ2n) is 9.32. The second kappa shape index (κ2) is 11.8. The Morgan fingerprint density at radius 1 is 0.868 bits per heavy atom. The van der Waals surface area contributed by atoms with Crippen molar-refractivity contribution in [2.45, 2.75) is 26.1 Å². The van der Waals surface area contributed by atoms with Gasteiger partial charge in [-0.25, -0.2) is 4.39 Å². The van der Waals surface area contributed by atoms with Crippen LogP contribution in [-0.2, 0) is 18.0 Å². The number of hydrogen-bond donors (Lipinski definition) is 1. The molecule has 1 aromatic heterocycles. The quantitative estimate of drug-likeness (QED) is 0.282. The molecule has 7 heteroatoms. The number of pyridine rings is 1. The van der Waals surface area contributed by atoms with Crippen molar-refractivity contribution in [1.29, 1.82) is 0 Å². The molecule has 1 aliphatic rings. The highest BCUT2D eigenvalue weighted by atomic mass is 19.1. The lowest BCUT2D eigenvalue weighted by atomic mass is 9.96. The second-order valence-corrected chi connectivity index (χ2v) is 9.32. The van der Waals surface area contributed by atoms with Gasteiger partial charge in [-0.3, -0.25) is 4.79 Å². The number of halogens is 1. The number of rotatable bonds is 9. The van der Waals surface area contributed by atoms with Gasteiger partial charge in [0, 0.05) is 24.7 Å². The Kier molecular flexibility index (Phi) is 7.83. The predicted octanol–water partition coefficient (Wildman–Crippen LogP) is 6.35. The van der Waals surface area contributed by atoms with Crippen LogP contribution >= 0.6 is 0 Å². The molecule has 1 aliphatic heterocycles. The molecule has 6 nitrogen and oxygen atoms in total. The fourth-order valence-electron chi connectivity index (χ4n) is 4.59.